The van der Waals surface area contributed by atoms with Gasteiger partial charge in [0.15, 0.2) is 6.61 Å². The fourth-order valence-electron chi connectivity index (χ4n) is 3.36. The van der Waals surface area contributed by atoms with Gasteiger partial charge in [-0.2, -0.15) is 0 Å². The highest BCUT2D eigenvalue weighted by atomic mass is 79.9. The third-order valence-electron chi connectivity index (χ3n) is 5.04. The second kappa shape index (κ2) is 9.96. The minimum absolute atomic E-state index is 0.0542. The van der Waals surface area contributed by atoms with Crippen molar-refractivity contribution >= 4 is 45.1 Å². The van der Waals surface area contributed by atoms with Crippen molar-refractivity contribution in [1.29, 1.82) is 0 Å². The van der Waals surface area contributed by atoms with Crippen molar-refractivity contribution in [3.8, 4) is 5.75 Å². The summed E-state index contributed by atoms with van der Waals surface area (Å²) < 4.78 is 11.5. The predicted molar refractivity (Wildman–Crippen MR) is 121 cm³/mol. The average molecular weight is 489 g/mol. The largest absolute Gasteiger partial charge is 0.494 e. The second-order valence-electron chi connectivity index (χ2n) is 7.40. The van der Waals surface area contributed by atoms with Crippen molar-refractivity contribution in [3.63, 3.8) is 0 Å². The molecule has 0 spiro atoms. The van der Waals surface area contributed by atoms with Crippen LogP contribution in [-0.4, -0.2) is 37.5 Å². The minimum atomic E-state index is -0.608. The standard InChI is InChI=1S/C23H25BrN2O5/c1-4-30-18-7-5-17(6-8-18)26-12-16(11-22(26)28)23(29)31-13-21(27)25-20-10-14(2)19(24)9-15(20)3/h5-10,16H,4,11-13H2,1-3H3,(H,25,27)/t16-/m0/s1. The molecule has 1 aliphatic heterocycles. The molecule has 0 aromatic heterocycles. The van der Waals surface area contributed by atoms with Gasteiger partial charge >= 0.3 is 5.97 Å². The predicted octanol–water partition coefficient (Wildman–Crippen LogP) is 4.00. The maximum atomic E-state index is 12.4. The van der Waals surface area contributed by atoms with Gasteiger partial charge in [-0.25, -0.2) is 0 Å². The van der Waals surface area contributed by atoms with Crippen LogP contribution in [0.2, 0.25) is 0 Å². The molecule has 3 rings (SSSR count). The quantitative estimate of drug-likeness (QED) is 0.595. The van der Waals surface area contributed by atoms with Crippen molar-refractivity contribution in [3.05, 3.63) is 52.0 Å². The molecule has 0 saturated carbocycles. The van der Waals surface area contributed by atoms with Crippen LogP contribution in [-0.2, 0) is 19.1 Å². The van der Waals surface area contributed by atoms with Crippen molar-refractivity contribution < 1.29 is 23.9 Å². The molecule has 0 radical (unpaired) electrons. The van der Waals surface area contributed by atoms with E-state index < -0.39 is 24.4 Å². The fourth-order valence-corrected chi connectivity index (χ4v) is 3.82. The number of ether oxygens (including phenoxy) is 2. The van der Waals surface area contributed by atoms with Crippen LogP contribution in [0, 0.1) is 19.8 Å². The van der Waals surface area contributed by atoms with Crippen LogP contribution >= 0.6 is 15.9 Å². The van der Waals surface area contributed by atoms with Gasteiger partial charge in [0.05, 0.1) is 12.5 Å². The number of aryl methyl sites for hydroxylation is 2. The van der Waals surface area contributed by atoms with Crippen LogP contribution in [0.3, 0.4) is 0 Å². The Morgan fingerprint density at radius 3 is 2.55 bits per heavy atom. The summed E-state index contributed by atoms with van der Waals surface area (Å²) in [6.07, 6.45) is 0.0542. The number of amides is 2. The first kappa shape index (κ1) is 22.8. The van der Waals surface area contributed by atoms with Gasteiger partial charge in [-0.15, -0.1) is 0 Å². The van der Waals surface area contributed by atoms with Gasteiger partial charge in [-0.3, -0.25) is 14.4 Å². The Balaban J connectivity index is 1.53. The zero-order valence-electron chi connectivity index (χ0n) is 17.7. The topological polar surface area (TPSA) is 84.9 Å². The van der Waals surface area contributed by atoms with Gasteiger partial charge in [-0.05, 0) is 68.3 Å². The summed E-state index contributed by atoms with van der Waals surface area (Å²) in [6.45, 7) is 6.08. The number of rotatable bonds is 7. The number of carbonyl (C=O) groups is 3. The van der Waals surface area contributed by atoms with E-state index in [4.69, 9.17) is 9.47 Å². The Hall–Kier alpha value is -2.87. The molecule has 1 atom stereocenters. The molecule has 1 aliphatic rings. The van der Waals surface area contributed by atoms with Crippen LogP contribution in [0.4, 0.5) is 11.4 Å². The van der Waals surface area contributed by atoms with Crippen LogP contribution in [0.15, 0.2) is 40.9 Å². The summed E-state index contributed by atoms with van der Waals surface area (Å²) in [6, 6.07) is 10.9. The van der Waals surface area contributed by atoms with E-state index in [9.17, 15) is 14.4 Å². The Labute approximate surface area is 189 Å². The van der Waals surface area contributed by atoms with Crippen molar-refractivity contribution in [2.45, 2.75) is 27.2 Å². The number of nitrogens with zero attached hydrogens (tertiary/aromatic N) is 1. The number of hydrogen-bond donors (Lipinski definition) is 1. The van der Waals surface area contributed by atoms with Crippen molar-refractivity contribution in [2.24, 2.45) is 5.92 Å². The van der Waals surface area contributed by atoms with E-state index in [0.29, 0.717) is 18.0 Å². The summed E-state index contributed by atoms with van der Waals surface area (Å²) >= 11 is 3.45. The van der Waals surface area contributed by atoms with E-state index in [-0.39, 0.29) is 18.9 Å². The molecule has 2 aromatic carbocycles. The highest BCUT2D eigenvalue weighted by Gasteiger charge is 2.36. The second-order valence-corrected chi connectivity index (χ2v) is 8.26. The number of benzene rings is 2. The number of anilines is 2. The Morgan fingerprint density at radius 2 is 1.87 bits per heavy atom. The molecule has 1 fully saturated rings. The average Bonchev–Trinajstić information content (AvgIpc) is 3.13. The lowest BCUT2D eigenvalue weighted by atomic mass is 10.1. The number of esters is 1. The lowest BCUT2D eigenvalue weighted by Crippen LogP contribution is -2.28. The molecule has 0 unspecified atom stereocenters. The summed E-state index contributed by atoms with van der Waals surface area (Å²) in [5, 5.41) is 2.76. The molecule has 1 saturated heterocycles. The zero-order chi connectivity index (χ0) is 22.5. The Bertz CT molecular complexity index is 990. The number of carbonyl (C=O) groups excluding carboxylic acids is 3. The SMILES string of the molecule is CCOc1ccc(N2C[C@@H](C(=O)OCC(=O)Nc3cc(C)c(Br)cc3C)CC2=O)cc1. The molecule has 1 heterocycles. The van der Waals surface area contributed by atoms with E-state index >= 15 is 0 Å². The molecule has 1 N–H and O–H groups in total. The first-order valence-electron chi connectivity index (χ1n) is 10.0. The monoisotopic (exact) mass is 488 g/mol. The van der Waals surface area contributed by atoms with Gasteiger partial charge in [0, 0.05) is 28.8 Å². The third kappa shape index (κ3) is 5.64. The first-order chi connectivity index (χ1) is 14.8. The van der Waals surface area contributed by atoms with Crippen LogP contribution in [0.25, 0.3) is 0 Å². The molecule has 2 amide bonds. The molecule has 2 aromatic rings. The van der Waals surface area contributed by atoms with Gasteiger partial charge in [0.1, 0.15) is 5.75 Å². The lowest BCUT2D eigenvalue weighted by molar-refractivity contribution is -0.151. The van der Waals surface area contributed by atoms with Gasteiger partial charge in [0.2, 0.25) is 5.91 Å². The first-order valence-corrected chi connectivity index (χ1v) is 10.8. The number of nitrogens with one attached hydrogen (secondary N) is 1. The maximum absolute atomic E-state index is 12.4. The summed E-state index contributed by atoms with van der Waals surface area (Å²) in [7, 11) is 0. The van der Waals surface area contributed by atoms with Gasteiger partial charge in [-0.1, -0.05) is 15.9 Å². The Morgan fingerprint density at radius 1 is 1.16 bits per heavy atom. The summed E-state index contributed by atoms with van der Waals surface area (Å²) in [5.74, 6) is -1.03. The minimum Gasteiger partial charge on any atom is -0.494 e. The molecule has 164 valence electrons. The Kier molecular flexibility index (Phi) is 7.33. The van der Waals surface area contributed by atoms with E-state index in [1.807, 2.05) is 32.9 Å². The molecular weight excluding hydrogens is 464 g/mol. The zero-order valence-corrected chi connectivity index (χ0v) is 19.3. The van der Waals surface area contributed by atoms with Gasteiger partial charge in [0.25, 0.3) is 5.91 Å². The molecule has 8 heteroatoms. The number of hydrogen-bond acceptors (Lipinski definition) is 5. The molecule has 0 aliphatic carbocycles. The van der Waals surface area contributed by atoms with Gasteiger partial charge < -0.3 is 19.7 Å². The van der Waals surface area contributed by atoms with E-state index in [1.54, 1.807) is 29.2 Å². The fraction of sp³-hybridized carbons (Fsp3) is 0.348. The highest BCUT2D eigenvalue weighted by molar-refractivity contribution is 9.10. The molecule has 31 heavy (non-hydrogen) atoms. The third-order valence-corrected chi connectivity index (χ3v) is 5.90. The normalized spacial score (nSPS) is 15.7. The maximum Gasteiger partial charge on any atom is 0.311 e. The highest BCUT2D eigenvalue weighted by Crippen LogP contribution is 2.28. The summed E-state index contributed by atoms with van der Waals surface area (Å²) in [4.78, 5) is 38.6. The van der Waals surface area contributed by atoms with E-state index in [2.05, 4.69) is 21.2 Å². The van der Waals surface area contributed by atoms with Crippen LogP contribution in [0.1, 0.15) is 24.5 Å². The van der Waals surface area contributed by atoms with Crippen molar-refractivity contribution in [1.82, 2.24) is 0 Å². The smallest absolute Gasteiger partial charge is 0.311 e. The van der Waals surface area contributed by atoms with Crippen LogP contribution in [0.5, 0.6) is 5.75 Å². The molecular formula is C23H25BrN2O5. The lowest BCUT2D eigenvalue weighted by Gasteiger charge is -2.17. The molecule has 7 nitrogen and oxygen atoms in total. The van der Waals surface area contributed by atoms with Crippen LogP contribution < -0.4 is 15.0 Å². The number of halogens is 1. The van der Waals surface area contributed by atoms with Crippen molar-refractivity contribution in [2.75, 3.05) is 30.0 Å². The summed E-state index contributed by atoms with van der Waals surface area (Å²) in [5.41, 5.74) is 3.24. The molecule has 0 bridgehead atoms. The van der Waals surface area contributed by atoms with E-state index in [0.717, 1.165) is 21.3 Å². The van der Waals surface area contributed by atoms with E-state index in [1.165, 1.54) is 0 Å².